The van der Waals surface area contributed by atoms with Crippen molar-refractivity contribution in [3.05, 3.63) is 106 Å². The van der Waals surface area contributed by atoms with E-state index in [0.29, 0.717) is 29.9 Å². The lowest BCUT2D eigenvalue weighted by molar-refractivity contribution is 0.0600. The molecule has 0 radical (unpaired) electrons. The van der Waals surface area contributed by atoms with Crippen molar-refractivity contribution in [3.63, 3.8) is 0 Å². The smallest absolute Gasteiger partial charge is 0.337 e. The second-order valence-electron chi connectivity index (χ2n) is 7.84. The van der Waals surface area contributed by atoms with E-state index in [4.69, 9.17) is 9.47 Å². The zero-order chi connectivity index (χ0) is 24.1. The van der Waals surface area contributed by atoms with E-state index in [2.05, 4.69) is 0 Å². The Morgan fingerprint density at radius 3 is 2.35 bits per heavy atom. The lowest BCUT2D eigenvalue weighted by Gasteiger charge is -2.14. The Hall–Kier alpha value is -3.90. The molecule has 172 valence electrons. The molecule has 0 saturated heterocycles. The van der Waals surface area contributed by atoms with Crippen molar-refractivity contribution >= 4 is 23.1 Å². The lowest BCUT2D eigenvalue weighted by atomic mass is 10.0. The summed E-state index contributed by atoms with van der Waals surface area (Å²) in [5, 5.41) is 12.6. The van der Waals surface area contributed by atoms with Crippen molar-refractivity contribution < 1.29 is 24.2 Å². The van der Waals surface area contributed by atoms with Crippen LogP contribution in [0, 0.1) is 0 Å². The van der Waals surface area contributed by atoms with Crippen LogP contribution in [0.25, 0.3) is 10.4 Å². The molecule has 6 heteroatoms. The minimum absolute atomic E-state index is 0.0583. The maximum absolute atomic E-state index is 11.9. The summed E-state index contributed by atoms with van der Waals surface area (Å²) in [6.45, 7) is 1.75. The Balaban J connectivity index is 1.49. The molecule has 0 amide bonds. The molecule has 3 aromatic carbocycles. The van der Waals surface area contributed by atoms with E-state index in [1.165, 1.54) is 25.4 Å². The second kappa shape index (κ2) is 10.4. The zero-order valence-corrected chi connectivity index (χ0v) is 19.7. The van der Waals surface area contributed by atoms with Crippen LogP contribution >= 0.6 is 11.3 Å². The zero-order valence-electron chi connectivity index (χ0n) is 18.9. The average Bonchev–Trinajstić information content (AvgIpc) is 3.37. The van der Waals surface area contributed by atoms with Gasteiger partial charge in [-0.15, -0.1) is 11.3 Å². The molecule has 0 aliphatic heterocycles. The molecule has 0 aliphatic rings. The van der Waals surface area contributed by atoms with E-state index in [9.17, 15) is 14.7 Å². The predicted octanol–water partition coefficient (Wildman–Crippen LogP) is 6.28. The fourth-order valence-electron chi connectivity index (χ4n) is 3.71. The molecular formula is C28H24O5S. The third-order valence-corrected chi connectivity index (χ3v) is 6.35. The Bertz CT molecular complexity index is 1310. The third-order valence-electron chi connectivity index (χ3n) is 5.46. The number of hydrogen-bond donors (Lipinski definition) is 1. The molecule has 1 heterocycles. The minimum Gasteiger partial charge on any atom is -0.506 e. The van der Waals surface area contributed by atoms with E-state index in [-0.39, 0.29) is 23.1 Å². The van der Waals surface area contributed by atoms with E-state index in [1.807, 2.05) is 60.0 Å². The fourth-order valence-corrected chi connectivity index (χ4v) is 4.49. The number of phenolic OH excluding ortho intramolecular Hbond substituents is 1. The van der Waals surface area contributed by atoms with Gasteiger partial charge in [0.05, 0.1) is 23.8 Å². The molecule has 0 bridgehead atoms. The monoisotopic (exact) mass is 472 g/mol. The third kappa shape index (κ3) is 5.18. The molecule has 34 heavy (non-hydrogen) atoms. The number of esters is 1. The van der Waals surface area contributed by atoms with Gasteiger partial charge in [0.15, 0.2) is 5.78 Å². The molecule has 5 nitrogen and oxygen atoms in total. The molecule has 0 unspecified atom stereocenters. The van der Waals surface area contributed by atoms with Crippen LogP contribution in [0.15, 0.2) is 78.2 Å². The highest BCUT2D eigenvalue weighted by molar-refractivity contribution is 7.13. The summed E-state index contributed by atoms with van der Waals surface area (Å²) in [5.74, 6) is -0.0844. The van der Waals surface area contributed by atoms with Crippen LogP contribution in [0.2, 0.25) is 0 Å². The first-order valence-electron chi connectivity index (χ1n) is 10.7. The topological polar surface area (TPSA) is 72.8 Å². The fraction of sp³-hybridized carbons (Fsp3) is 0.143. The van der Waals surface area contributed by atoms with Gasteiger partial charge in [-0.25, -0.2) is 4.79 Å². The van der Waals surface area contributed by atoms with Gasteiger partial charge in [-0.1, -0.05) is 42.5 Å². The van der Waals surface area contributed by atoms with Crippen molar-refractivity contribution in [2.45, 2.75) is 20.0 Å². The van der Waals surface area contributed by atoms with Gasteiger partial charge in [0.1, 0.15) is 18.1 Å². The number of carbonyl (C=O) groups is 2. The van der Waals surface area contributed by atoms with E-state index in [0.717, 1.165) is 21.6 Å². The number of thiophene rings is 1. The SMILES string of the molecule is COC(=O)c1cccc(Cc2ccc(COc3ccc(C(C)=O)c(O)c3-c3cccs3)cc2)c1. The summed E-state index contributed by atoms with van der Waals surface area (Å²) in [6, 6.07) is 22.6. The normalized spacial score (nSPS) is 10.6. The summed E-state index contributed by atoms with van der Waals surface area (Å²) in [5.41, 5.74) is 4.44. The van der Waals surface area contributed by atoms with Gasteiger partial charge in [0.25, 0.3) is 0 Å². The molecule has 0 spiro atoms. The van der Waals surface area contributed by atoms with Gasteiger partial charge in [-0.05, 0) is 65.7 Å². The maximum Gasteiger partial charge on any atom is 0.337 e. The Morgan fingerprint density at radius 2 is 1.68 bits per heavy atom. The number of ether oxygens (including phenoxy) is 2. The number of ketones is 1. The highest BCUT2D eigenvalue weighted by atomic mass is 32.1. The van der Waals surface area contributed by atoms with Gasteiger partial charge in [-0.3, -0.25) is 4.79 Å². The number of rotatable bonds is 8. The van der Waals surface area contributed by atoms with Crippen LogP contribution in [-0.4, -0.2) is 24.0 Å². The summed E-state index contributed by atoms with van der Waals surface area (Å²) >= 11 is 1.47. The van der Waals surface area contributed by atoms with Crippen molar-refractivity contribution in [3.8, 4) is 21.9 Å². The summed E-state index contributed by atoms with van der Waals surface area (Å²) < 4.78 is 10.9. The molecule has 0 saturated carbocycles. The van der Waals surface area contributed by atoms with Crippen molar-refractivity contribution in [1.82, 2.24) is 0 Å². The Kier molecular flexibility index (Phi) is 7.09. The van der Waals surface area contributed by atoms with Gasteiger partial charge in [0.2, 0.25) is 0 Å². The van der Waals surface area contributed by atoms with Crippen LogP contribution in [0.4, 0.5) is 0 Å². The first-order chi connectivity index (χ1) is 16.5. The summed E-state index contributed by atoms with van der Waals surface area (Å²) in [7, 11) is 1.37. The van der Waals surface area contributed by atoms with Gasteiger partial charge in [0, 0.05) is 4.88 Å². The van der Waals surface area contributed by atoms with Crippen LogP contribution in [0.5, 0.6) is 11.5 Å². The van der Waals surface area contributed by atoms with Crippen LogP contribution < -0.4 is 4.74 Å². The largest absolute Gasteiger partial charge is 0.506 e. The Morgan fingerprint density at radius 1 is 0.912 bits per heavy atom. The summed E-state index contributed by atoms with van der Waals surface area (Å²) in [6.07, 6.45) is 0.689. The van der Waals surface area contributed by atoms with Crippen LogP contribution in [0.1, 0.15) is 44.3 Å². The molecule has 0 aliphatic carbocycles. The van der Waals surface area contributed by atoms with Gasteiger partial charge < -0.3 is 14.6 Å². The molecule has 1 aromatic heterocycles. The maximum atomic E-state index is 11.9. The first kappa shape index (κ1) is 23.3. The highest BCUT2D eigenvalue weighted by Gasteiger charge is 2.19. The van der Waals surface area contributed by atoms with E-state index in [1.54, 1.807) is 18.2 Å². The molecule has 0 atom stereocenters. The van der Waals surface area contributed by atoms with Crippen LogP contribution in [-0.2, 0) is 17.8 Å². The van der Waals surface area contributed by atoms with Crippen molar-refractivity contribution in [1.29, 1.82) is 0 Å². The predicted molar refractivity (Wildman–Crippen MR) is 133 cm³/mol. The number of aromatic hydroxyl groups is 1. The molecule has 4 aromatic rings. The standard InChI is InChI=1S/C28H24O5S/c1-18(29)23-12-13-24(26(27(23)30)25-7-4-14-34-25)33-17-20-10-8-19(9-11-20)15-21-5-3-6-22(16-21)28(31)32-2/h3-14,16,30H,15,17H2,1-2H3. The molecule has 0 fully saturated rings. The number of Topliss-reactive ketones (excluding diaryl/α,β-unsaturated/α-hetero) is 1. The molecular weight excluding hydrogens is 448 g/mol. The number of benzene rings is 3. The number of carbonyl (C=O) groups excluding carboxylic acids is 2. The Labute approximate surface area is 202 Å². The van der Waals surface area contributed by atoms with E-state index >= 15 is 0 Å². The average molecular weight is 473 g/mol. The van der Waals surface area contributed by atoms with Gasteiger partial charge >= 0.3 is 5.97 Å². The summed E-state index contributed by atoms with van der Waals surface area (Å²) in [4.78, 5) is 24.5. The quantitative estimate of drug-likeness (QED) is 0.241. The lowest BCUT2D eigenvalue weighted by Crippen LogP contribution is -2.02. The van der Waals surface area contributed by atoms with Crippen molar-refractivity contribution in [2.75, 3.05) is 7.11 Å². The molecule has 4 rings (SSSR count). The second-order valence-corrected chi connectivity index (χ2v) is 8.79. The van der Waals surface area contributed by atoms with Crippen molar-refractivity contribution in [2.24, 2.45) is 0 Å². The first-order valence-corrected chi connectivity index (χ1v) is 11.6. The van der Waals surface area contributed by atoms with Crippen LogP contribution in [0.3, 0.4) is 0 Å². The van der Waals surface area contributed by atoms with Gasteiger partial charge in [-0.2, -0.15) is 0 Å². The minimum atomic E-state index is -0.348. The highest BCUT2D eigenvalue weighted by Crippen LogP contribution is 2.42. The van der Waals surface area contributed by atoms with E-state index < -0.39 is 0 Å². The number of methoxy groups -OCH3 is 1. The molecule has 1 N–H and O–H groups in total. The number of hydrogen-bond acceptors (Lipinski definition) is 6. The number of phenols is 1.